The van der Waals surface area contributed by atoms with E-state index in [-0.39, 0.29) is 30.0 Å². The van der Waals surface area contributed by atoms with Gasteiger partial charge in [-0.1, -0.05) is 107 Å². The minimum absolute atomic E-state index is 0. The fourth-order valence-corrected chi connectivity index (χ4v) is 4.97. The zero-order valence-corrected chi connectivity index (χ0v) is 27.5. The number of nitrogens with zero attached hydrogens (tertiary/aromatic N) is 1. The first-order chi connectivity index (χ1) is 21.3. The smallest absolute Gasteiger partial charge is 0.229 e. The van der Waals surface area contributed by atoms with E-state index in [1.165, 1.54) is 0 Å². The second kappa shape index (κ2) is 14.1. The molecule has 0 fully saturated rings. The molecule has 0 bridgehead atoms. The number of fused-ring (bicyclic) bond motifs is 6. The Hall–Kier alpha value is -4.83. The molecule has 0 aromatic heterocycles. The molecular formula is C36H39ClN4O5. The van der Waals surface area contributed by atoms with Gasteiger partial charge in [-0.2, -0.15) is 0 Å². The van der Waals surface area contributed by atoms with Gasteiger partial charge in [0.1, 0.15) is 5.71 Å². The van der Waals surface area contributed by atoms with Crippen LogP contribution < -0.4 is 16.5 Å². The van der Waals surface area contributed by atoms with Crippen LogP contribution in [0.25, 0.3) is 22.3 Å². The molecule has 2 amide bonds. The van der Waals surface area contributed by atoms with E-state index in [9.17, 15) is 19.6 Å². The van der Waals surface area contributed by atoms with Gasteiger partial charge in [-0.3, -0.25) is 14.4 Å². The largest absolute Gasteiger partial charge is 0.410 e. The molecular weight excluding hydrogens is 604 g/mol. The van der Waals surface area contributed by atoms with Gasteiger partial charge in [-0.25, -0.2) is 5.90 Å². The van der Waals surface area contributed by atoms with Crippen molar-refractivity contribution >= 4 is 47.1 Å². The van der Waals surface area contributed by atoms with E-state index < -0.39 is 10.8 Å². The second-order valence-electron chi connectivity index (χ2n) is 12.8. The summed E-state index contributed by atoms with van der Waals surface area (Å²) in [4.78, 5) is 36.6. The van der Waals surface area contributed by atoms with E-state index in [4.69, 9.17) is 5.21 Å². The Morgan fingerprint density at radius 1 is 0.587 bits per heavy atom. The van der Waals surface area contributed by atoms with Crippen molar-refractivity contribution in [2.24, 2.45) is 21.9 Å². The average molecular weight is 643 g/mol. The summed E-state index contributed by atoms with van der Waals surface area (Å²) in [5.74, 6) is 3.41. The van der Waals surface area contributed by atoms with E-state index >= 15 is 0 Å². The number of amides is 2. The van der Waals surface area contributed by atoms with Crippen LogP contribution in [0.1, 0.15) is 68.6 Å². The molecule has 9 nitrogen and oxygen atoms in total. The van der Waals surface area contributed by atoms with Crippen molar-refractivity contribution in [1.82, 2.24) is 0 Å². The fraction of sp³-hybridized carbons (Fsp3) is 0.222. The first-order valence-corrected chi connectivity index (χ1v) is 14.4. The molecule has 6 N–H and O–H groups in total. The zero-order chi connectivity index (χ0) is 33.1. The van der Waals surface area contributed by atoms with Gasteiger partial charge in [0, 0.05) is 44.5 Å². The van der Waals surface area contributed by atoms with Gasteiger partial charge in [0.2, 0.25) is 11.8 Å². The van der Waals surface area contributed by atoms with E-state index in [1.54, 1.807) is 6.07 Å². The summed E-state index contributed by atoms with van der Waals surface area (Å²) >= 11 is 0. The van der Waals surface area contributed by atoms with Crippen LogP contribution in [0.15, 0.2) is 90.1 Å². The zero-order valence-electron chi connectivity index (χ0n) is 26.6. The monoisotopic (exact) mass is 642 g/mol. The van der Waals surface area contributed by atoms with Gasteiger partial charge in [0.15, 0.2) is 5.78 Å². The Balaban J connectivity index is 0.000000233. The van der Waals surface area contributed by atoms with Crippen LogP contribution in [0.3, 0.4) is 0 Å². The third-order valence-electron chi connectivity index (χ3n) is 7.45. The van der Waals surface area contributed by atoms with E-state index in [1.807, 2.05) is 120 Å². The van der Waals surface area contributed by atoms with Crippen molar-refractivity contribution in [3.8, 4) is 22.3 Å². The van der Waals surface area contributed by atoms with Crippen LogP contribution in [0, 0.1) is 10.8 Å². The standard InChI is InChI=1S/C18H18N2O2.C18H17NO2.ClH.H3NO/c1-18(2,3)17(21)19-11-8-9-13-12-6-4-5-7-14(12)16(20-22)15(13)10-11;1-18(2,3)17(21)19-11-8-9-13-12-6-4-5-7-14(12)16(20)15(13)10-11;;1-2/h4-10,22H,1-3H3,(H,19,21);4-10H,1-3H3,(H,19,21);1H;2H,1H2/b20-16+;;;. The second-order valence-corrected chi connectivity index (χ2v) is 12.8. The number of hydrogen-bond donors (Lipinski definition) is 5. The highest BCUT2D eigenvalue weighted by Gasteiger charge is 2.28. The van der Waals surface area contributed by atoms with Crippen molar-refractivity contribution in [2.75, 3.05) is 10.6 Å². The molecule has 0 radical (unpaired) electrons. The summed E-state index contributed by atoms with van der Waals surface area (Å²) in [6.07, 6.45) is 0. The SMILES string of the molecule is CC(C)(C)C(=O)Nc1ccc2c(c1)/C(=N/O)c1ccccc1-2.CC(C)(C)C(=O)Nc1ccc2c(c1)C(=O)c1ccccc1-2.Cl.NO. The first kappa shape index (κ1) is 35.6. The summed E-state index contributed by atoms with van der Waals surface area (Å²) in [6.45, 7) is 11.2. The van der Waals surface area contributed by atoms with Gasteiger partial charge in [0.05, 0.1) is 0 Å². The van der Waals surface area contributed by atoms with Crippen LogP contribution in [-0.2, 0) is 9.59 Å². The Bertz CT molecular complexity index is 1820. The summed E-state index contributed by atoms with van der Waals surface area (Å²) in [5, 5.41) is 25.1. The number of carbonyl (C=O) groups is 3. The maximum Gasteiger partial charge on any atom is 0.229 e. The Kier molecular flexibility index (Phi) is 10.9. The van der Waals surface area contributed by atoms with Crippen molar-refractivity contribution in [2.45, 2.75) is 41.5 Å². The Labute approximate surface area is 274 Å². The Morgan fingerprint density at radius 3 is 1.41 bits per heavy atom. The highest BCUT2D eigenvalue weighted by molar-refractivity contribution is 6.25. The number of oxime groups is 1. The molecule has 0 aliphatic heterocycles. The highest BCUT2D eigenvalue weighted by Crippen LogP contribution is 2.39. The third-order valence-corrected chi connectivity index (χ3v) is 7.45. The topological polar surface area (TPSA) is 154 Å². The number of hydrogen-bond acceptors (Lipinski definition) is 7. The third kappa shape index (κ3) is 7.18. The van der Waals surface area contributed by atoms with Crippen molar-refractivity contribution in [1.29, 1.82) is 0 Å². The molecule has 0 saturated heterocycles. The molecule has 0 spiro atoms. The number of nitrogens with two attached hydrogens (primary N) is 1. The molecule has 4 aromatic rings. The predicted molar refractivity (Wildman–Crippen MR) is 184 cm³/mol. The van der Waals surface area contributed by atoms with Gasteiger partial charge in [-0.05, 0) is 46.5 Å². The van der Waals surface area contributed by atoms with Crippen LogP contribution in [0.2, 0.25) is 0 Å². The molecule has 4 aromatic carbocycles. The molecule has 0 heterocycles. The van der Waals surface area contributed by atoms with Crippen LogP contribution in [0.5, 0.6) is 0 Å². The molecule has 0 unspecified atom stereocenters. The van der Waals surface area contributed by atoms with E-state index in [0.717, 1.165) is 38.9 Å². The number of carbonyl (C=O) groups excluding carboxylic acids is 3. The van der Waals surface area contributed by atoms with Crippen LogP contribution >= 0.6 is 12.4 Å². The number of anilines is 2. The molecule has 0 saturated carbocycles. The maximum atomic E-state index is 12.4. The maximum absolute atomic E-state index is 12.4. The lowest BCUT2D eigenvalue weighted by Gasteiger charge is -2.18. The molecule has 6 rings (SSSR count). The van der Waals surface area contributed by atoms with Gasteiger partial charge < -0.3 is 21.0 Å². The van der Waals surface area contributed by atoms with Gasteiger partial charge >= 0.3 is 0 Å². The van der Waals surface area contributed by atoms with E-state index in [0.29, 0.717) is 22.6 Å². The summed E-state index contributed by atoms with van der Waals surface area (Å²) in [5.41, 5.74) is 8.04. The number of ketones is 1. The average Bonchev–Trinajstić information content (AvgIpc) is 3.48. The molecule has 0 atom stereocenters. The molecule has 2 aliphatic rings. The number of nitrogens with one attached hydrogen (secondary N) is 2. The summed E-state index contributed by atoms with van der Waals surface area (Å²) in [6, 6.07) is 26.6. The lowest BCUT2D eigenvalue weighted by atomic mass is 9.95. The molecule has 10 heteroatoms. The highest BCUT2D eigenvalue weighted by atomic mass is 35.5. The lowest BCUT2D eigenvalue weighted by molar-refractivity contribution is -0.123. The summed E-state index contributed by atoms with van der Waals surface area (Å²) < 4.78 is 0. The Morgan fingerprint density at radius 2 is 0.957 bits per heavy atom. The van der Waals surface area contributed by atoms with Crippen molar-refractivity contribution in [3.63, 3.8) is 0 Å². The first-order valence-electron chi connectivity index (χ1n) is 14.4. The molecule has 46 heavy (non-hydrogen) atoms. The van der Waals surface area contributed by atoms with Crippen molar-refractivity contribution in [3.05, 3.63) is 107 Å². The predicted octanol–water partition coefficient (Wildman–Crippen LogP) is 7.52. The summed E-state index contributed by atoms with van der Waals surface area (Å²) in [7, 11) is 0. The van der Waals surface area contributed by atoms with Gasteiger partial charge in [0.25, 0.3) is 0 Å². The minimum Gasteiger partial charge on any atom is -0.410 e. The molecule has 240 valence electrons. The number of rotatable bonds is 2. The van der Waals surface area contributed by atoms with Crippen LogP contribution in [0.4, 0.5) is 11.4 Å². The van der Waals surface area contributed by atoms with E-state index in [2.05, 4.69) is 21.7 Å². The normalized spacial score (nSPS) is 13.0. The lowest BCUT2D eigenvalue weighted by Crippen LogP contribution is -2.27. The van der Waals surface area contributed by atoms with Crippen molar-refractivity contribution < 1.29 is 24.8 Å². The van der Waals surface area contributed by atoms with Gasteiger partial charge in [-0.15, -0.1) is 12.4 Å². The number of halogens is 1. The number of benzene rings is 4. The van der Waals surface area contributed by atoms with Crippen LogP contribution in [-0.4, -0.2) is 33.7 Å². The fourth-order valence-electron chi connectivity index (χ4n) is 4.97. The molecule has 2 aliphatic carbocycles. The minimum atomic E-state index is -0.466. The quantitative estimate of drug-likeness (QED) is 0.0972.